The fourth-order valence-electron chi connectivity index (χ4n) is 0.865. The SMILES string of the molecule is OCc1ccc(Cl)cc1OC(F)F. The molecule has 0 aliphatic rings. The molecule has 2 nitrogen and oxygen atoms in total. The molecule has 0 radical (unpaired) electrons. The topological polar surface area (TPSA) is 29.5 Å². The highest BCUT2D eigenvalue weighted by atomic mass is 35.5. The number of aliphatic hydroxyl groups is 1. The van der Waals surface area contributed by atoms with Gasteiger partial charge in [0.1, 0.15) is 5.75 Å². The Kier molecular flexibility index (Phi) is 3.45. The third kappa shape index (κ3) is 2.82. The summed E-state index contributed by atoms with van der Waals surface area (Å²) < 4.78 is 27.8. The Morgan fingerprint density at radius 1 is 1.46 bits per heavy atom. The molecule has 5 heteroatoms. The Hall–Kier alpha value is -0.870. The Balaban J connectivity index is 2.94. The zero-order chi connectivity index (χ0) is 9.84. The van der Waals surface area contributed by atoms with Gasteiger partial charge in [-0.15, -0.1) is 0 Å². The number of benzene rings is 1. The number of hydrogen-bond donors (Lipinski definition) is 1. The minimum absolute atomic E-state index is 0.0926. The molecule has 0 aliphatic heterocycles. The summed E-state index contributed by atoms with van der Waals surface area (Å²) >= 11 is 5.55. The summed E-state index contributed by atoms with van der Waals surface area (Å²) in [5.74, 6) is -0.0926. The van der Waals surface area contributed by atoms with Gasteiger partial charge in [0.2, 0.25) is 0 Å². The van der Waals surface area contributed by atoms with Crippen molar-refractivity contribution in [1.29, 1.82) is 0 Å². The molecule has 0 unspecified atom stereocenters. The lowest BCUT2D eigenvalue weighted by molar-refractivity contribution is -0.0509. The second kappa shape index (κ2) is 4.39. The van der Waals surface area contributed by atoms with Crippen molar-refractivity contribution in [2.24, 2.45) is 0 Å². The lowest BCUT2D eigenvalue weighted by Crippen LogP contribution is -2.04. The van der Waals surface area contributed by atoms with Gasteiger partial charge in [-0.25, -0.2) is 0 Å². The van der Waals surface area contributed by atoms with E-state index in [1.807, 2.05) is 0 Å². The monoisotopic (exact) mass is 208 g/mol. The number of ether oxygens (including phenoxy) is 1. The van der Waals surface area contributed by atoms with E-state index in [2.05, 4.69) is 4.74 Å². The van der Waals surface area contributed by atoms with Crippen LogP contribution >= 0.6 is 11.6 Å². The summed E-state index contributed by atoms with van der Waals surface area (Å²) in [4.78, 5) is 0. The first-order chi connectivity index (χ1) is 6.13. The summed E-state index contributed by atoms with van der Waals surface area (Å²) in [5, 5.41) is 9.04. The van der Waals surface area contributed by atoms with Gasteiger partial charge in [0.25, 0.3) is 0 Å². The van der Waals surface area contributed by atoms with Crippen LogP contribution in [0.4, 0.5) is 8.78 Å². The van der Waals surface area contributed by atoms with E-state index >= 15 is 0 Å². The van der Waals surface area contributed by atoms with Gasteiger partial charge in [0, 0.05) is 10.6 Å². The molecule has 0 saturated carbocycles. The van der Waals surface area contributed by atoms with Crippen molar-refractivity contribution in [3.63, 3.8) is 0 Å². The fourth-order valence-corrected chi connectivity index (χ4v) is 1.03. The number of hydrogen-bond acceptors (Lipinski definition) is 2. The molecular formula is C8H7ClF2O2. The second-order valence-corrected chi connectivity index (χ2v) is 2.73. The zero-order valence-corrected chi connectivity index (χ0v) is 7.26. The summed E-state index contributed by atoms with van der Waals surface area (Å²) in [7, 11) is 0. The molecule has 72 valence electrons. The number of rotatable bonds is 3. The van der Waals surface area contributed by atoms with Crippen molar-refractivity contribution < 1.29 is 18.6 Å². The molecule has 1 aromatic carbocycles. The molecule has 0 amide bonds. The molecule has 0 atom stereocenters. The minimum Gasteiger partial charge on any atom is -0.434 e. The quantitative estimate of drug-likeness (QED) is 0.827. The van der Waals surface area contributed by atoms with Crippen LogP contribution in [-0.4, -0.2) is 11.7 Å². The van der Waals surface area contributed by atoms with Gasteiger partial charge in [-0.1, -0.05) is 17.7 Å². The summed E-state index contributed by atoms with van der Waals surface area (Å²) in [6.07, 6.45) is 0. The molecule has 0 fully saturated rings. The summed E-state index contributed by atoms with van der Waals surface area (Å²) in [6, 6.07) is 4.16. The van der Waals surface area contributed by atoms with Gasteiger partial charge in [-0.3, -0.25) is 0 Å². The van der Waals surface area contributed by atoms with Crippen molar-refractivity contribution in [3.05, 3.63) is 28.8 Å². The zero-order valence-electron chi connectivity index (χ0n) is 6.51. The molecule has 0 heterocycles. The largest absolute Gasteiger partial charge is 0.434 e. The molecule has 0 spiro atoms. The third-order valence-corrected chi connectivity index (χ3v) is 1.65. The molecule has 0 aliphatic carbocycles. The van der Waals surface area contributed by atoms with Crippen LogP contribution in [0.2, 0.25) is 5.02 Å². The fraction of sp³-hybridized carbons (Fsp3) is 0.250. The maximum atomic E-state index is 11.8. The predicted molar refractivity (Wildman–Crippen MR) is 44.0 cm³/mol. The van der Waals surface area contributed by atoms with E-state index in [1.165, 1.54) is 18.2 Å². The first kappa shape index (κ1) is 10.2. The average Bonchev–Trinajstić information content (AvgIpc) is 2.03. The van der Waals surface area contributed by atoms with Crippen LogP contribution in [-0.2, 0) is 6.61 Å². The number of aliphatic hydroxyl groups excluding tert-OH is 1. The van der Waals surface area contributed by atoms with E-state index in [0.29, 0.717) is 0 Å². The number of alkyl halides is 2. The van der Waals surface area contributed by atoms with Crippen LogP contribution < -0.4 is 4.74 Å². The Bertz CT molecular complexity index is 291. The maximum Gasteiger partial charge on any atom is 0.387 e. The summed E-state index contributed by atoms with van der Waals surface area (Å²) in [5.41, 5.74) is 0.282. The number of halogens is 3. The van der Waals surface area contributed by atoms with E-state index in [1.54, 1.807) is 0 Å². The van der Waals surface area contributed by atoms with E-state index < -0.39 is 6.61 Å². The standard InChI is InChI=1S/C8H7ClF2O2/c9-6-2-1-5(4-12)7(3-6)13-8(10)11/h1-3,8,12H,4H2. The Morgan fingerprint density at radius 3 is 2.69 bits per heavy atom. The molecule has 1 aromatic rings. The predicted octanol–water partition coefficient (Wildman–Crippen LogP) is 2.43. The van der Waals surface area contributed by atoms with Gasteiger partial charge >= 0.3 is 6.61 Å². The third-order valence-electron chi connectivity index (χ3n) is 1.42. The van der Waals surface area contributed by atoms with Crippen LogP contribution in [0.25, 0.3) is 0 Å². The van der Waals surface area contributed by atoms with Crippen LogP contribution in [0.1, 0.15) is 5.56 Å². The second-order valence-electron chi connectivity index (χ2n) is 2.29. The summed E-state index contributed by atoms with van der Waals surface area (Å²) in [6.45, 7) is -3.28. The normalized spacial score (nSPS) is 10.5. The first-order valence-electron chi connectivity index (χ1n) is 3.47. The molecule has 1 rings (SSSR count). The lowest BCUT2D eigenvalue weighted by atomic mass is 10.2. The van der Waals surface area contributed by atoms with Crippen LogP contribution in [0.3, 0.4) is 0 Å². The van der Waals surface area contributed by atoms with E-state index in [9.17, 15) is 8.78 Å². The Morgan fingerprint density at radius 2 is 2.15 bits per heavy atom. The molecule has 0 bridgehead atoms. The van der Waals surface area contributed by atoms with Gasteiger partial charge in [-0.05, 0) is 12.1 Å². The smallest absolute Gasteiger partial charge is 0.387 e. The van der Waals surface area contributed by atoms with Gasteiger partial charge in [-0.2, -0.15) is 8.78 Å². The van der Waals surface area contributed by atoms with Crippen molar-refractivity contribution in [1.82, 2.24) is 0 Å². The van der Waals surface area contributed by atoms with E-state index in [0.717, 1.165) is 0 Å². The van der Waals surface area contributed by atoms with E-state index in [4.69, 9.17) is 16.7 Å². The van der Waals surface area contributed by atoms with E-state index in [-0.39, 0.29) is 22.9 Å². The van der Waals surface area contributed by atoms with Crippen molar-refractivity contribution >= 4 is 11.6 Å². The first-order valence-corrected chi connectivity index (χ1v) is 3.85. The Labute approximate surface area is 78.7 Å². The van der Waals surface area contributed by atoms with Crippen LogP contribution in [0.5, 0.6) is 5.75 Å². The maximum absolute atomic E-state index is 11.8. The highest BCUT2D eigenvalue weighted by molar-refractivity contribution is 6.30. The van der Waals surface area contributed by atoms with Gasteiger partial charge in [0.15, 0.2) is 0 Å². The molecule has 13 heavy (non-hydrogen) atoms. The van der Waals surface area contributed by atoms with Gasteiger partial charge < -0.3 is 9.84 Å². The molecule has 0 aromatic heterocycles. The van der Waals surface area contributed by atoms with Crippen LogP contribution in [0.15, 0.2) is 18.2 Å². The van der Waals surface area contributed by atoms with Crippen molar-refractivity contribution in [3.8, 4) is 5.75 Å². The van der Waals surface area contributed by atoms with Crippen molar-refractivity contribution in [2.45, 2.75) is 13.2 Å². The average molecular weight is 209 g/mol. The molecule has 1 N–H and O–H groups in total. The van der Waals surface area contributed by atoms with Crippen molar-refractivity contribution in [2.75, 3.05) is 0 Å². The highest BCUT2D eigenvalue weighted by Crippen LogP contribution is 2.24. The van der Waals surface area contributed by atoms with Gasteiger partial charge in [0.05, 0.1) is 6.61 Å². The van der Waals surface area contributed by atoms with Crippen LogP contribution in [0, 0.1) is 0 Å². The minimum atomic E-state index is -2.91. The highest BCUT2D eigenvalue weighted by Gasteiger charge is 2.09. The molecular weight excluding hydrogens is 202 g/mol. The lowest BCUT2D eigenvalue weighted by Gasteiger charge is -2.08. The molecule has 0 saturated heterocycles.